The molecule has 0 aliphatic heterocycles. The zero-order valence-electron chi connectivity index (χ0n) is 7.22. The maximum atomic E-state index is 10.8. The molecule has 11 heavy (non-hydrogen) atoms. The van der Waals surface area contributed by atoms with Crippen molar-refractivity contribution in [2.75, 3.05) is 20.8 Å². The monoisotopic (exact) mass is 161 g/mol. The molecule has 4 heteroatoms. The molecule has 4 nitrogen and oxygen atoms in total. The first-order chi connectivity index (χ1) is 5.20. The minimum Gasteiger partial charge on any atom is -0.384 e. The third kappa shape index (κ3) is 5.82. The first-order valence-electron chi connectivity index (χ1n) is 3.51. The van der Waals surface area contributed by atoms with E-state index < -0.39 is 0 Å². The predicted molar refractivity (Wildman–Crippen MR) is 40.8 cm³/mol. The van der Waals surface area contributed by atoms with Gasteiger partial charge >= 0.3 is 0 Å². The van der Waals surface area contributed by atoms with Crippen molar-refractivity contribution in [2.45, 2.75) is 13.3 Å². The molecule has 0 fully saturated rings. The van der Waals surface area contributed by atoms with Crippen molar-refractivity contribution in [3.8, 4) is 0 Å². The smallest absolute Gasteiger partial charge is 0.243 e. The number of ether oxygens (including phenoxy) is 1. The van der Waals surface area contributed by atoms with Crippen LogP contribution in [-0.2, 0) is 14.4 Å². The summed E-state index contributed by atoms with van der Waals surface area (Å²) in [6.07, 6.45) is 0.432. The highest BCUT2D eigenvalue weighted by Crippen LogP contribution is 2.00. The van der Waals surface area contributed by atoms with Crippen LogP contribution in [0.3, 0.4) is 0 Å². The molecule has 0 aliphatic carbocycles. The van der Waals surface area contributed by atoms with Crippen molar-refractivity contribution in [1.82, 2.24) is 5.48 Å². The summed E-state index contributed by atoms with van der Waals surface area (Å²) < 4.78 is 4.86. The molecular formula is C7H15NO3. The Labute approximate surface area is 66.8 Å². The van der Waals surface area contributed by atoms with Gasteiger partial charge in [-0.2, -0.15) is 0 Å². The van der Waals surface area contributed by atoms with E-state index in [9.17, 15) is 4.79 Å². The second-order valence-corrected chi connectivity index (χ2v) is 2.49. The van der Waals surface area contributed by atoms with E-state index in [4.69, 9.17) is 4.74 Å². The molecule has 66 valence electrons. The van der Waals surface area contributed by atoms with Crippen LogP contribution in [0.25, 0.3) is 0 Å². The molecule has 1 unspecified atom stereocenters. The lowest BCUT2D eigenvalue weighted by Crippen LogP contribution is -2.24. The molecule has 0 saturated heterocycles. The van der Waals surface area contributed by atoms with Crippen molar-refractivity contribution >= 4 is 5.91 Å². The SMILES string of the molecule is COCC(C)CC(=O)NOC. The molecule has 0 aliphatic rings. The van der Waals surface area contributed by atoms with Crippen LogP contribution in [-0.4, -0.2) is 26.7 Å². The minimum atomic E-state index is -0.114. The van der Waals surface area contributed by atoms with Gasteiger partial charge in [0.25, 0.3) is 0 Å². The van der Waals surface area contributed by atoms with E-state index in [-0.39, 0.29) is 11.8 Å². The van der Waals surface area contributed by atoms with Crippen LogP contribution < -0.4 is 5.48 Å². The highest BCUT2D eigenvalue weighted by atomic mass is 16.6. The molecule has 0 aromatic carbocycles. The van der Waals surface area contributed by atoms with E-state index in [1.54, 1.807) is 7.11 Å². The maximum absolute atomic E-state index is 10.8. The van der Waals surface area contributed by atoms with Gasteiger partial charge in [0.15, 0.2) is 0 Å². The van der Waals surface area contributed by atoms with E-state index in [0.717, 1.165) is 0 Å². The highest BCUT2D eigenvalue weighted by molar-refractivity contribution is 5.74. The number of carbonyl (C=O) groups is 1. The lowest BCUT2D eigenvalue weighted by Gasteiger charge is -2.08. The molecule has 0 bridgehead atoms. The number of hydrogen-bond acceptors (Lipinski definition) is 3. The third-order valence-corrected chi connectivity index (χ3v) is 1.20. The van der Waals surface area contributed by atoms with Crippen LogP contribution in [0.15, 0.2) is 0 Å². The predicted octanol–water partition coefficient (Wildman–Crippen LogP) is 0.337. The molecule has 0 saturated carbocycles. The van der Waals surface area contributed by atoms with Gasteiger partial charge in [-0.1, -0.05) is 6.92 Å². The molecule has 0 radical (unpaired) electrons. The van der Waals surface area contributed by atoms with Gasteiger partial charge in [-0.3, -0.25) is 9.63 Å². The van der Waals surface area contributed by atoms with Gasteiger partial charge in [0, 0.05) is 20.1 Å². The lowest BCUT2D eigenvalue weighted by atomic mass is 10.1. The maximum Gasteiger partial charge on any atom is 0.243 e. The van der Waals surface area contributed by atoms with Crippen molar-refractivity contribution in [3.63, 3.8) is 0 Å². The molecule has 0 aromatic heterocycles. The molecule has 0 aromatic rings. The van der Waals surface area contributed by atoms with Gasteiger partial charge in [-0.15, -0.1) is 0 Å². The second-order valence-electron chi connectivity index (χ2n) is 2.49. The normalized spacial score (nSPS) is 12.6. The molecule has 0 heterocycles. The van der Waals surface area contributed by atoms with E-state index in [0.29, 0.717) is 13.0 Å². The Balaban J connectivity index is 3.40. The van der Waals surface area contributed by atoms with Crippen molar-refractivity contribution < 1.29 is 14.4 Å². The molecular weight excluding hydrogens is 146 g/mol. The van der Waals surface area contributed by atoms with Gasteiger partial charge in [0.05, 0.1) is 7.11 Å². The van der Waals surface area contributed by atoms with Crippen LogP contribution in [0.4, 0.5) is 0 Å². The fourth-order valence-corrected chi connectivity index (χ4v) is 0.815. The van der Waals surface area contributed by atoms with Crippen molar-refractivity contribution in [3.05, 3.63) is 0 Å². The van der Waals surface area contributed by atoms with Crippen LogP contribution in [0.2, 0.25) is 0 Å². The standard InChI is InChI=1S/C7H15NO3/c1-6(5-10-2)4-7(9)8-11-3/h6H,4-5H2,1-3H3,(H,8,9). The largest absolute Gasteiger partial charge is 0.384 e. The Morgan fingerprint density at radius 2 is 2.18 bits per heavy atom. The zero-order valence-corrected chi connectivity index (χ0v) is 7.22. The van der Waals surface area contributed by atoms with Crippen molar-refractivity contribution in [1.29, 1.82) is 0 Å². The van der Waals surface area contributed by atoms with E-state index in [1.165, 1.54) is 7.11 Å². The van der Waals surface area contributed by atoms with Crippen LogP contribution in [0.5, 0.6) is 0 Å². The summed E-state index contributed by atoms with van der Waals surface area (Å²) in [5.74, 6) is 0.118. The quantitative estimate of drug-likeness (QED) is 0.591. The Kier molecular flexibility index (Phi) is 5.78. The summed E-state index contributed by atoms with van der Waals surface area (Å²) in [7, 11) is 3.03. The number of carbonyl (C=O) groups excluding carboxylic acids is 1. The first kappa shape index (κ1) is 10.4. The van der Waals surface area contributed by atoms with Gasteiger partial charge in [-0.25, -0.2) is 5.48 Å². The number of rotatable bonds is 5. The Bertz CT molecular complexity index is 116. The first-order valence-corrected chi connectivity index (χ1v) is 3.51. The average molecular weight is 161 g/mol. The lowest BCUT2D eigenvalue weighted by molar-refractivity contribution is -0.132. The van der Waals surface area contributed by atoms with Crippen LogP contribution in [0, 0.1) is 5.92 Å². The number of amides is 1. The highest BCUT2D eigenvalue weighted by Gasteiger charge is 2.07. The van der Waals surface area contributed by atoms with Gasteiger partial charge in [0.2, 0.25) is 5.91 Å². The molecule has 0 rings (SSSR count). The number of hydroxylamine groups is 1. The second kappa shape index (κ2) is 6.12. The molecule has 1 atom stereocenters. The molecule has 1 N–H and O–H groups in total. The topological polar surface area (TPSA) is 47.6 Å². The van der Waals surface area contributed by atoms with E-state index in [2.05, 4.69) is 10.3 Å². The van der Waals surface area contributed by atoms with Crippen LogP contribution in [0.1, 0.15) is 13.3 Å². The summed E-state index contributed by atoms with van der Waals surface area (Å²) in [4.78, 5) is 15.3. The Morgan fingerprint density at radius 1 is 1.55 bits per heavy atom. The van der Waals surface area contributed by atoms with Gasteiger partial charge in [-0.05, 0) is 5.92 Å². The summed E-state index contributed by atoms with van der Waals surface area (Å²) in [6.45, 7) is 2.54. The number of nitrogens with one attached hydrogen (secondary N) is 1. The Hall–Kier alpha value is -0.610. The summed E-state index contributed by atoms with van der Waals surface area (Å²) >= 11 is 0. The van der Waals surface area contributed by atoms with Crippen LogP contribution >= 0.6 is 0 Å². The minimum absolute atomic E-state index is 0.114. The molecule has 1 amide bonds. The van der Waals surface area contributed by atoms with E-state index >= 15 is 0 Å². The summed E-state index contributed by atoms with van der Waals surface area (Å²) in [5.41, 5.74) is 2.24. The van der Waals surface area contributed by atoms with E-state index in [1.807, 2.05) is 6.92 Å². The molecule has 0 spiro atoms. The summed E-state index contributed by atoms with van der Waals surface area (Å²) in [6, 6.07) is 0. The number of hydrogen-bond donors (Lipinski definition) is 1. The fourth-order valence-electron chi connectivity index (χ4n) is 0.815. The average Bonchev–Trinajstić information content (AvgIpc) is 1.87. The zero-order chi connectivity index (χ0) is 8.69. The summed E-state index contributed by atoms with van der Waals surface area (Å²) in [5, 5.41) is 0. The van der Waals surface area contributed by atoms with Crippen molar-refractivity contribution in [2.24, 2.45) is 5.92 Å². The van der Waals surface area contributed by atoms with Gasteiger partial charge in [0.1, 0.15) is 0 Å². The number of methoxy groups -OCH3 is 1. The van der Waals surface area contributed by atoms with Gasteiger partial charge < -0.3 is 4.74 Å². The third-order valence-electron chi connectivity index (χ3n) is 1.20. The Morgan fingerprint density at radius 3 is 2.64 bits per heavy atom. The fraction of sp³-hybridized carbons (Fsp3) is 0.857.